The van der Waals surface area contributed by atoms with Crippen LogP contribution in [0.25, 0.3) is 11.1 Å². The van der Waals surface area contributed by atoms with Crippen molar-refractivity contribution in [1.29, 1.82) is 0 Å². The van der Waals surface area contributed by atoms with Gasteiger partial charge in [0.05, 0.1) is 11.3 Å². The van der Waals surface area contributed by atoms with Gasteiger partial charge in [0.15, 0.2) is 6.61 Å². The van der Waals surface area contributed by atoms with Crippen LogP contribution in [0.3, 0.4) is 0 Å². The fraction of sp³-hybridized carbons (Fsp3) is 0.190. The van der Waals surface area contributed by atoms with Crippen LogP contribution in [0.5, 0.6) is 5.75 Å². The first-order valence-electron chi connectivity index (χ1n) is 8.74. The number of carbonyl (C=O) groups excluding carboxylic acids is 1. The van der Waals surface area contributed by atoms with Gasteiger partial charge in [0, 0.05) is 12.2 Å². The molecule has 1 amide bonds. The Bertz CT molecular complexity index is 1130. The molecule has 0 saturated heterocycles. The van der Waals surface area contributed by atoms with E-state index in [-0.39, 0.29) is 12.5 Å². The van der Waals surface area contributed by atoms with Crippen molar-refractivity contribution in [1.82, 2.24) is 0 Å². The SMILES string of the molecule is CCN(c1cccc(C)c1)c1c(-c2ccc3c(c2)OCC(=O)N3)c(=O)c1=O. The fourth-order valence-electron chi connectivity index (χ4n) is 3.40. The van der Waals surface area contributed by atoms with Gasteiger partial charge in [-0.3, -0.25) is 14.4 Å². The number of rotatable bonds is 4. The molecule has 1 aliphatic heterocycles. The van der Waals surface area contributed by atoms with Gasteiger partial charge in [-0.2, -0.15) is 0 Å². The molecule has 1 heterocycles. The van der Waals surface area contributed by atoms with E-state index in [0.29, 0.717) is 34.8 Å². The Hall–Kier alpha value is -3.41. The second-order valence-electron chi connectivity index (χ2n) is 6.51. The van der Waals surface area contributed by atoms with Gasteiger partial charge in [0.2, 0.25) is 5.43 Å². The predicted molar refractivity (Wildman–Crippen MR) is 105 cm³/mol. The third-order valence-corrected chi connectivity index (χ3v) is 4.69. The van der Waals surface area contributed by atoms with E-state index in [1.807, 2.05) is 43.0 Å². The maximum atomic E-state index is 12.4. The van der Waals surface area contributed by atoms with Crippen LogP contribution in [0.4, 0.5) is 17.1 Å². The molecule has 3 aromatic rings. The number of nitrogens with one attached hydrogen (secondary N) is 1. The summed E-state index contributed by atoms with van der Waals surface area (Å²) in [5.41, 5.74) is 2.89. The first-order valence-corrected chi connectivity index (χ1v) is 8.74. The Morgan fingerprint density at radius 3 is 2.63 bits per heavy atom. The average molecular weight is 362 g/mol. The highest BCUT2D eigenvalue weighted by Crippen LogP contribution is 2.37. The maximum Gasteiger partial charge on any atom is 0.262 e. The van der Waals surface area contributed by atoms with Gasteiger partial charge in [-0.05, 0) is 49.2 Å². The topological polar surface area (TPSA) is 75.7 Å². The third-order valence-electron chi connectivity index (χ3n) is 4.69. The van der Waals surface area contributed by atoms with E-state index < -0.39 is 10.9 Å². The number of fused-ring (bicyclic) bond motifs is 1. The molecular formula is C21H18N2O4. The maximum absolute atomic E-state index is 12.4. The number of hydrogen-bond donors (Lipinski definition) is 1. The molecule has 6 heteroatoms. The molecule has 0 saturated carbocycles. The molecular weight excluding hydrogens is 344 g/mol. The first-order chi connectivity index (χ1) is 13.0. The minimum Gasteiger partial charge on any atom is -0.482 e. The van der Waals surface area contributed by atoms with Crippen LogP contribution in [-0.4, -0.2) is 19.1 Å². The number of aryl methyl sites for hydroxylation is 1. The van der Waals surface area contributed by atoms with Crippen molar-refractivity contribution in [2.45, 2.75) is 13.8 Å². The third kappa shape index (κ3) is 2.79. The van der Waals surface area contributed by atoms with E-state index >= 15 is 0 Å². The second-order valence-corrected chi connectivity index (χ2v) is 6.51. The van der Waals surface area contributed by atoms with Crippen LogP contribution in [0, 0.1) is 6.92 Å². The minimum atomic E-state index is -0.504. The zero-order valence-corrected chi connectivity index (χ0v) is 15.0. The van der Waals surface area contributed by atoms with Crippen LogP contribution < -0.4 is 25.8 Å². The highest BCUT2D eigenvalue weighted by molar-refractivity contribution is 5.96. The Morgan fingerprint density at radius 2 is 1.89 bits per heavy atom. The van der Waals surface area contributed by atoms with E-state index in [1.54, 1.807) is 18.2 Å². The minimum absolute atomic E-state index is 0.0698. The van der Waals surface area contributed by atoms with Gasteiger partial charge in [-0.25, -0.2) is 0 Å². The summed E-state index contributed by atoms with van der Waals surface area (Å²) in [6, 6.07) is 12.9. The molecule has 6 nitrogen and oxygen atoms in total. The number of benzene rings is 2. The zero-order chi connectivity index (χ0) is 19.1. The lowest BCUT2D eigenvalue weighted by atomic mass is 9.96. The molecule has 0 aromatic heterocycles. The molecule has 3 aromatic carbocycles. The molecule has 0 spiro atoms. The summed E-state index contributed by atoms with van der Waals surface area (Å²) >= 11 is 0. The normalized spacial score (nSPS) is 13.0. The zero-order valence-electron chi connectivity index (χ0n) is 15.0. The van der Waals surface area contributed by atoms with Gasteiger partial charge in [-0.1, -0.05) is 18.2 Å². The molecule has 136 valence electrons. The van der Waals surface area contributed by atoms with Crippen LogP contribution in [-0.2, 0) is 4.79 Å². The number of hydrogen-bond acceptors (Lipinski definition) is 5. The Kier molecular flexibility index (Phi) is 4.03. The number of amides is 1. The van der Waals surface area contributed by atoms with E-state index in [4.69, 9.17) is 4.74 Å². The summed E-state index contributed by atoms with van der Waals surface area (Å²) in [5.74, 6) is 0.270. The smallest absolute Gasteiger partial charge is 0.262 e. The second kappa shape index (κ2) is 6.39. The largest absolute Gasteiger partial charge is 0.482 e. The lowest BCUT2D eigenvalue weighted by Crippen LogP contribution is -2.40. The van der Waals surface area contributed by atoms with Crippen molar-refractivity contribution in [3.63, 3.8) is 0 Å². The summed E-state index contributed by atoms with van der Waals surface area (Å²) in [7, 11) is 0. The Balaban J connectivity index is 1.80. The van der Waals surface area contributed by atoms with E-state index in [9.17, 15) is 14.4 Å². The quantitative estimate of drug-likeness (QED) is 0.723. The average Bonchev–Trinajstić information content (AvgIpc) is 2.67. The molecule has 0 fully saturated rings. The van der Waals surface area contributed by atoms with E-state index in [2.05, 4.69) is 5.32 Å². The number of ether oxygens (including phenoxy) is 1. The number of nitrogens with zero attached hydrogens (tertiary/aromatic N) is 1. The van der Waals surface area contributed by atoms with Crippen molar-refractivity contribution in [3.8, 4) is 16.9 Å². The summed E-state index contributed by atoms with van der Waals surface area (Å²) in [5, 5.41) is 2.72. The molecule has 0 radical (unpaired) electrons. The molecule has 0 atom stereocenters. The van der Waals surface area contributed by atoms with Gasteiger partial charge in [-0.15, -0.1) is 0 Å². The van der Waals surface area contributed by atoms with Crippen LogP contribution in [0.15, 0.2) is 52.1 Å². The standard InChI is InChI=1S/C21H18N2O4/c1-3-23(14-6-4-5-12(2)9-14)19-18(20(25)21(19)26)13-7-8-15-16(10-13)27-11-17(24)22-15/h4-10H,3,11H2,1-2H3,(H,22,24). The lowest BCUT2D eigenvalue weighted by Gasteiger charge is -2.27. The molecule has 4 rings (SSSR count). The van der Waals surface area contributed by atoms with Crippen LogP contribution in [0.1, 0.15) is 12.5 Å². The summed E-state index contributed by atoms with van der Waals surface area (Å²) in [6.07, 6.45) is 0. The predicted octanol–water partition coefficient (Wildman–Crippen LogP) is 2.75. The number of anilines is 3. The summed E-state index contributed by atoms with van der Waals surface area (Å²) < 4.78 is 5.44. The van der Waals surface area contributed by atoms with Gasteiger partial charge in [0.25, 0.3) is 11.3 Å². The van der Waals surface area contributed by atoms with Crippen molar-refractivity contribution in [2.75, 3.05) is 23.4 Å². The monoisotopic (exact) mass is 362 g/mol. The summed E-state index contributed by atoms with van der Waals surface area (Å²) in [4.78, 5) is 38.0. The van der Waals surface area contributed by atoms with Gasteiger partial charge >= 0.3 is 0 Å². The molecule has 0 unspecified atom stereocenters. The molecule has 27 heavy (non-hydrogen) atoms. The number of carbonyl (C=O) groups is 1. The van der Waals surface area contributed by atoms with Crippen LogP contribution in [0.2, 0.25) is 0 Å². The van der Waals surface area contributed by atoms with Gasteiger partial charge < -0.3 is 15.0 Å². The lowest BCUT2D eigenvalue weighted by molar-refractivity contribution is -0.118. The summed E-state index contributed by atoms with van der Waals surface area (Å²) in [6.45, 7) is 4.41. The molecule has 0 bridgehead atoms. The Morgan fingerprint density at radius 1 is 1.07 bits per heavy atom. The van der Waals surface area contributed by atoms with Crippen molar-refractivity contribution >= 4 is 23.0 Å². The first kappa shape index (κ1) is 17.0. The van der Waals surface area contributed by atoms with Crippen molar-refractivity contribution in [3.05, 3.63) is 68.5 Å². The van der Waals surface area contributed by atoms with E-state index in [0.717, 1.165) is 11.3 Å². The van der Waals surface area contributed by atoms with Crippen LogP contribution >= 0.6 is 0 Å². The highest BCUT2D eigenvalue weighted by atomic mass is 16.5. The molecule has 0 aliphatic carbocycles. The van der Waals surface area contributed by atoms with E-state index in [1.165, 1.54) is 0 Å². The molecule has 1 N–H and O–H groups in total. The fourth-order valence-corrected chi connectivity index (χ4v) is 3.40. The Labute approximate surface area is 155 Å². The van der Waals surface area contributed by atoms with Crippen molar-refractivity contribution in [2.24, 2.45) is 0 Å². The van der Waals surface area contributed by atoms with Gasteiger partial charge in [0.1, 0.15) is 11.4 Å². The van der Waals surface area contributed by atoms with Crippen molar-refractivity contribution < 1.29 is 9.53 Å². The highest BCUT2D eigenvalue weighted by Gasteiger charge is 2.28. The molecule has 1 aliphatic rings.